The monoisotopic (exact) mass is 443 g/mol. The number of amides is 4. The van der Waals surface area contributed by atoms with Crippen LogP contribution in [0.1, 0.15) is 24.2 Å². The van der Waals surface area contributed by atoms with Crippen LogP contribution >= 0.6 is 15.9 Å². The van der Waals surface area contributed by atoms with E-state index in [2.05, 4.69) is 26.1 Å². The van der Waals surface area contributed by atoms with Crippen LogP contribution in [0.15, 0.2) is 44.8 Å². The maximum Gasteiger partial charge on any atom is 0.335 e. The normalized spacial score (nSPS) is 18.9. The molecule has 28 heavy (non-hydrogen) atoms. The molecule has 3 heterocycles. The maximum atomic E-state index is 12.9. The summed E-state index contributed by atoms with van der Waals surface area (Å²) in [5, 5.41) is 2.22. The van der Waals surface area contributed by atoms with Crippen LogP contribution in [-0.4, -0.2) is 30.9 Å². The number of benzene rings is 1. The highest BCUT2D eigenvalue weighted by atomic mass is 79.9. The Labute approximate surface area is 170 Å². The molecule has 2 aromatic rings. The first kappa shape index (κ1) is 18.5. The smallest absolute Gasteiger partial charge is 0.335 e. The number of carbonyl (C=O) groups excluding carboxylic acids is 3. The van der Waals surface area contributed by atoms with Gasteiger partial charge in [-0.15, -0.1) is 0 Å². The lowest BCUT2D eigenvalue weighted by Crippen LogP contribution is -2.54. The Kier molecular flexibility index (Phi) is 4.80. The van der Waals surface area contributed by atoms with Gasteiger partial charge in [0.05, 0.1) is 10.2 Å². The Hall–Kier alpha value is -2.87. The second-order valence-electron chi connectivity index (χ2n) is 6.79. The number of barbiturate groups is 1. The molecule has 1 aromatic carbocycles. The van der Waals surface area contributed by atoms with E-state index in [1.165, 1.54) is 6.08 Å². The average molecular weight is 444 g/mol. The highest BCUT2D eigenvalue weighted by molar-refractivity contribution is 9.10. The van der Waals surface area contributed by atoms with Gasteiger partial charge in [0, 0.05) is 19.2 Å². The van der Waals surface area contributed by atoms with Crippen molar-refractivity contribution < 1.29 is 18.8 Å². The van der Waals surface area contributed by atoms with E-state index in [0.717, 1.165) is 40.9 Å². The number of imide groups is 2. The van der Waals surface area contributed by atoms with E-state index >= 15 is 0 Å². The molecule has 2 saturated heterocycles. The zero-order valence-corrected chi connectivity index (χ0v) is 16.8. The Morgan fingerprint density at radius 3 is 2.61 bits per heavy atom. The van der Waals surface area contributed by atoms with Gasteiger partial charge in [0.1, 0.15) is 11.3 Å². The number of hydrogen-bond acceptors (Lipinski definition) is 5. The number of hydrogen-bond donors (Lipinski definition) is 1. The van der Waals surface area contributed by atoms with E-state index in [9.17, 15) is 14.4 Å². The third kappa shape index (κ3) is 3.35. The quantitative estimate of drug-likeness (QED) is 0.578. The molecule has 1 aromatic heterocycles. The largest absolute Gasteiger partial charge is 0.440 e. The molecular weight excluding hydrogens is 426 g/mol. The number of nitrogens with one attached hydrogen (secondary N) is 1. The fourth-order valence-electron chi connectivity index (χ4n) is 3.38. The molecule has 1 N–H and O–H groups in total. The molecule has 0 bridgehead atoms. The number of carbonyl (C=O) groups is 3. The first-order valence-electron chi connectivity index (χ1n) is 8.96. The molecule has 7 nitrogen and oxygen atoms in total. The third-order valence-electron chi connectivity index (χ3n) is 4.73. The number of nitrogens with zero attached hydrogens (tertiary/aromatic N) is 2. The molecule has 2 aliphatic rings. The fourth-order valence-corrected chi connectivity index (χ4v) is 3.94. The molecule has 0 unspecified atom stereocenters. The summed E-state index contributed by atoms with van der Waals surface area (Å²) in [6, 6.07) is 7.91. The van der Waals surface area contributed by atoms with Gasteiger partial charge >= 0.3 is 6.03 Å². The minimum atomic E-state index is -0.767. The molecule has 0 spiro atoms. The van der Waals surface area contributed by atoms with Crippen molar-refractivity contribution in [2.24, 2.45) is 0 Å². The van der Waals surface area contributed by atoms with Crippen LogP contribution in [0.25, 0.3) is 6.08 Å². The van der Waals surface area contributed by atoms with Crippen molar-refractivity contribution in [3.05, 3.63) is 51.7 Å². The second-order valence-corrected chi connectivity index (χ2v) is 7.65. The summed E-state index contributed by atoms with van der Waals surface area (Å²) < 4.78 is 6.61. The minimum Gasteiger partial charge on any atom is -0.440 e. The van der Waals surface area contributed by atoms with Crippen LogP contribution in [-0.2, 0) is 9.59 Å². The van der Waals surface area contributed by atoms with Gasteiger partial charge in [-0.2, -0.15) is 0 Å². The van der Waals surface area contributed by atoms with E-state index in [1.54, 1.807) is 24.3 Å². The molecular formula is C20H18BrN3O4. The van der Waals surface area contributed by atoms with Crippen LogP contribution in [0.2, 0.25) is 0 Å². The van der Waals surface area contributed by atoms with Gasteiger partial charge in [-0.1, -0.05) is 12.1 Å². The minimum absolute atomic E-state index is 0.157. The molecule has 0 saturated carbocycles. The summed E-state index contributed by atoms with van der Waals surface area (Å²) in [4.78, 5) is 40.6. The highest BCUT2D eigenvalue weighted by Crippen LogP contribution is 2.34. The van der Waals surface area contributed by atoms with Gasteiger partial charge in [-0.05, 0) is 59.5 Å². The van der Waals surface area contributed by atoms with E-state index in [-0.39, 0.29) is 5.57 Å². The van der Waals surface area contributed by atoms with Crippen LogP contribution in [0.5, 0.6) is 0 Å². The first-order valence-corrected chi connectivity index (χ1v) is 9.76. The third-order valence-corrected chi connectivity index (χ3v) is 5.30. The van der Waals surface area contributed by atoms with Crippen LogP contribution in [0.3, 0.4) is 0 Å². The molecule has 4 rings (SSSR count). The predicted molar refractivity (Wildman–Crippen MR) is 108 cm³/mol. The molecule has 0 radical (unpaired) electrons. The average Bonchev–Trinajstić information content (AvgIpc) is 3.28. The van der Waals surface area contributed by atoms with Crippen LogP contribution < -0.4 is 15.1 Å². The van der Waals surface area contributed by atoms with Crippen molar-refractivity contribution in [2.45, 2.75) is 19.8 Å². The van der Waals surface area contributed by atoms with E-state index in [1.807, 2.05) is 13.0 Å². The van der Waals surface area contributed by atoms with Gasteiger partial charge in [0.15, 0.2) is 0 Å². The van der Waals surface area contributed by atoms with Gasteiger partial charge < -0.3 is 9.32 Å². The molecule has 144 valence electrons. The Morgan fingerprint density at radius 1 is 1.14 bits per heavy atom. The Morgan fingerprint density at radius 2 is 1.89 bits per heavy atom. The number of anilines is 2. The number of aryl methyl sites for hydroxylation is 1. The van der Waals surface area contributed by atoms with Crippen molar-refractivity contribution in [2.75, 3.05) is 22.9 Å². The summed E-state index contributed by atoms with van der Waals surface area (Å²) in [6.07, 6.45) is 3.56. The Bertz CT molecular complexity index is 1000. The molecule has 0 atom stereocenters. The predicted octanol–water partition coefficient (Wildman–Crippen LogP) is 3.62. The SMILES string of the molecule is Cc1cccc(N2C(=O)NC(=O)/C(=C\c3cc(Br)c(N4CCCC4)o3)C2=O)c1. The summed E-state index contributed by atoms with van der Waals surface area (Å²) >= 11 is 3.47. The second kappa shape index (κ2) is 7.27. The lowest BCUT2D eigenvalue weighted by atomic mass is 10.1. The van der Waals surface area contributed by atoms with Gasteiger partial charge in [-0.25, -0.2) is 9.69 Å². The molecule has 8 heteroatoms. The highest BCUT2D eigenvalue weighted by Gasteiger charge is 2.37. The molecule has 2 aliphatic heterocycles. The van der Waals surface area contributed by atoms with Crippen molar-refractivity contribution in [3.8, 4) is 0 Å². The standard InChI is InChI=1S/C20H18BrN3O4/c1-12-5-4-6-13(9-12)24-18(26)15(17(25)22-20(24)27)10-14-11-16(21)19(28-14)23-7-2-3-8-23/h4-6,9-11H,2-3,7-8H2,1H3,(H,22,25,27)/b15-10+. The zero-order chi connectivity index (χ0) is 19.8. The lowest BCUT2D eigenvalue weighted by molar-refractivity contribution is -0.122. The Balaban J connectivity index is 1.68. The summed E-state index contributed by atoms with van der Waals surface area (Å²) in [5.74, 6) is -0.380. The van der Waals surface area contributed by atoms with Crippen LogP contribution in [0, 0.1) is 6.92 Å². The topological polar surface area (TPSA) is 82.9 Å². The van der Waals surface area contributed by atoms with Crippen LogP contribution in [0.4, 0.5) is 16.4 Å². The molecule has 2 fully saturated rings. The summed E-state index contributed by atoms with van der Waals surface area (Å²) in [6.45, 7) is 3.66. The van der Waals surface area contributed by atoms with E-state index < -0.39 is 17.8 Å². The van der Waals surface area contributed by atoms with Crippen molar-refractivity contribution in [3.63, 3.8) is 0 Å². The number of furan rings is 1. The summed E-state index contributed by atoms with van der Waals surface area (Å²) in [7, 11) is 0. The van der Waals surface area contributed by atoms with E-state index in [0.29, 0.717) is 17.3 Å². The van der Waals surface area contributed by atoms with Gasteiger partial charge in [0.2, 0.25) is 5.88 Å². The van der Waals surface area contributed by atoms with Crippen molar-refractivity contribution in [1.82, 2.24) is 5.32 Å². The van der Waals surface area contributed by atoms with Gasteiger partial charge in [0.25, 0.3) is 11.8 Å². The van der Waals surface area contributed by atoms with Gasteiger partial charge in [-0.3, -0.25) is 14.9 Å². The number of halogens is 1. The van der Waals surface area contributed by atoms with Crippen molar-refractivity contribution >= 4 is 51.4 Å². The molecule has 0 aliphatic carbocycles. The zero-order valence-electron chi connectivity index (χ0n) is 15.2. The van der Waals surface area contributed by atoms with Crippen molar-refractivity contribution in [1.29, 1.82) is 0 Å². The van der Waals surface area contributed by atoms with E-state index in [4.69, 9.17) is 4.42 Å². The lowest BCUT2D eigenvalue weighted by Gasteiger charge is -2.26. The summed E-state index contributed by atoms with van der Waals surface area (Å²) in [5.41, 5.74) is 1.14. The maximum absolute atomic E-state index is 12.9. The fraction of sp³-hybridized carbons (Fsp3) is 0.250. The number of urea groups is 1. The molecule has 4 amide bonds. The first-order chi connectivity index (χ1) is 13.4. The number of rotatable bonds is 3.